The molecule has 0 aliphatic rings. The van der Waals surface area contributed by atoms with Crippen LogP contribution in [-0.4, -0.2) is 27.9 Å². The van der Waals surface area contributed by atoms with Gasteiger partial charge in [0, 0.05) is 11.0 Å². The fourth-order valence-corrected chi connectivity index (χ4v) is 3.70. The third-order valence-electron chi connectivity index (χ3n) is 2.58. The number of sulfonamides is 1. The lowest BCUT2D eigenvalue weighted by Crippen LogP contribution is -2.29. The molecule has 0 amide bonds. The van der Waals surface area contributed by atoms with Gasteiger partial charge in [0.15, 0.2) is 0 Å². The molecule has 20 heavy (non-hydrogen) atoms. The van der Waals surface area contributed by atoms with Crippen LogP contribution >= 0.6 is 15.9 Å². The summed E-state index contributed by atoms with van der Waals surface area (Å²) in [6.07, 6.45) is -2.73. The summed E-state index contributed by atoms with van der Waals surface area (Å²) in [7, 11) is -3.96. The van der Waals surface area contributed by atoms with Gasteiger partial charge in [-0.05, 0) is 46.6 Å². The largest absolute Gasteiger partial charge is 0.313 e. The fraction of sp³-hybridized carbons (Fsp3) is 0.500. The van der Waals surface area contributed by atoms with Crippen LogP contribution in [0.5, 0.6) is 0 Å². The topological polar surface area (TPSA) is 58.2 Å². The Morgan fingerprint density at radius 3 is 2.55 bits per heavy atom. The predicted octanol–water partition coefficient (Wildman–Crippen LogP) is 2.41. The van der Waals surface area contributed by atoms with Gasteiger partial charge in [0.25, 0.3) is 6.43 Å². The van der Waals surface area contributed by atoms with E-state index in [1.807, 2.05) is 17.7 Å². The molecule has 0 spiro atoms. The van der Waals surface area contributed by atoms with E-state index in [-0.39, 0.29) is 4.90 Å². The van der Waals surface area contributed by atoms with Gasteiger partial charge in [-0.25, -0.2) is 21.9 Å². The number of nitrogens with one attached hydrogen (secondary N) is 2. The Morgan fingerprint density at radius 2 is 2.00 bits per heavy atom. The first-order valence-corrected chi connectivity index (χ1v) is 8.33. The van der Waals surface area contributed by atoms with Crippen molar-refractivity contribution in [1.82, 2.24) is 10.0 Å². The second-order valence-corrected chi connectivity index (χ2v) is 6.78. The molecule has 2 N–H and O–H groups in total. The first-order chi connectivity index (χ1) is 9.27. The SMILES string of the molecule is CCNCc1cc(C)c(Br)c(S(=O)(=O)NCC(F)F)c1. The Bertz CT molecular complexity index is 565. The fourth-order valence-electron chi connectivity index (χ4n) is 1.63. The van der Waals surface area contributed by atoms with Crippen LogP contribution in [0.3, 0.4) is 0 Å². The molecule has 0 heterocycles. The molecule has 0 saturated carbocycles. The van der Waals surface area contributed by atoms with Crippen molar-refractivity contribution in [2.75, 3.05) is 13.1 Å². The first kappa shape index (κ1) is 17.5. The Balaban J connectivity index is 3.12. The summed E-state index contributed by atoms with van der Waals surface area (Å²) in [5.74, 6) is 0. The first-order valence-electron chi connectivity index (χ1n) is 6.05. The van der Waals surface area contributed by atoms with E-state index < -0.39 is 23.0 Å². The van der Waals surface area contributed by atoms with Gasteiger partial charge in [0.2, 0.25) is 10.0 Å². The molecule has 0 atom stereocenters. The minimum absolute atomic E-state index is 0.0222. The third-order valence-corrected chi connectivity index (χ3v) is 5.34. The van der Waals surface area contributed by atoms with E-state index in [9.17, 15) is 17.2 Å². The van der Waals surface area contributed by atoms with Gasteiger partial charge in [0.1, 0.15) is 0 Å². The Morgan fingerprint density at radius 1 is 1.35 bits per heavy atom. The van der Waals surface area contributed by atoms with Crippen molar-refractivity contribution < 1.29 is 17.2 Å². The van der Waals surface area contributed by atoms with Gasteiger partial charge in [-0.2, -0.15) is 0 Å². The normalized spacial score (nSPS) is 12.1. The molecular weight excluding hydrogens is 354 g/mol. The number of benzene rings is 1. The molecule has 0 unspecified atom stereocenters. The molecule has 1 aromatic rings. The monoisotopic (exact) mass is 370 g/mol. The lowest BCUT2D eigenvalue weighted by atomic mass is 10.1. The maximum Gasteiger partial charge on any atom is 0.251 e. The quantitative estimate of drug-likeness (QED) is 0.774. The number of halogens is 3. The number of alkyl halides is 2. The molecule has 1 aromatic carbocycles. The lowest BCUT2D eigenvalue weighted by Gasteiger charge is -2.13. The summed E-state index contributed by atoms with van der Waals surface area (Å²) >= 11 is 3.20. The highest BCUT2D eigenvalue weighted by atomic mass is 79.9. The Kier molecular flexibility index (Phi) is 6.50. The zero-order valence-electron chi connectivity index (χ0n) is 11.2. The Labute approximate surface area is 126 Å². The molecule has 0 aromatic heterocycles. The molecule has 4 nitrogen and oxygen atoms in total. The van der Waals surface area contributed by atoms with Crippen molar-refractivity contribution in [2.45, 2.75) is 31.7 Å². The maximum atomic E-state index is 12.2. The highest BCUT2D eigenvalue weighted by molar-refractivity contribution is 9.10. The molecule has 0 bridgehead atoms. The van der Waals surface area contributed by atoms with Crippen molar-refractivity contribution in [3.63, 3.8) is 0 Å². The number of hydrogen-bond acceptors (Lipinski definition) is 3. The molecule has 114 valence electrons. The standard InChI is InChI=1S/C12H17BrF2N2O2S/c1-3-16-6-9-4-8(2)12(13)10(5-9)20(18,19)17-7-11(14)15/h4-5,11,16-17H,3,6-7H2,1-2H3. The third kappa shape index (κ3) is 4.76. The minimum atomic E-state index is -3.96. The second kappa shape index (κ2) is 7.44. The van der Waals surface area contributed by atoms with E-state index in [4.69, 9.17) is 0 Å². The van der Waals surface area contributed by atoms with Gasteiger partial charge in [-0.3, -0.25) is 0 Å². The molecule has 0 saturated heterocycles. The molecular formula is C12H17BrF2N2O2S. The van der Waals surface area contributed by atoms with Crippen molar-refractivity contribution in [2.24, 2.45) is 0 Å². The Hall–Kier alpha value is -0.570. The number of hydrogen-bond donors (Lipinski definition) is 2. The second-order valence-electron chi connectivity index (χ2n) is 4.25. The van der Waals surface area contributed by atoms with E-state index >= 15 is 0 Å². The highest BCUT2D eigenvalue weighted by Gasteiger charge is 2.21. The van der Waals surface area contributed by atoms with Gasteiger partial charge in [-0.15, -0.1) is 0 Å². The van der Waals surface area contributed by atoms with E-state index in [2.05, 4.69) is 21.2 Å². The van der Waals surface area contributed by atoms with Crippen LogP contribution in [0.4, 0.5) is 8.78 Å². The van der Waals surface area contributed by atoms with Crippen molar-refractivity contribution >= 4 is 26.0 Å². The van der Waals surface area contributed by atoms with E-state index in [0.29, 0.717) is 11.0 Å². The molecule has 0 aliphatic carbocycles. The minimum Gasteiger partial charge on any atom is -0.313 e. The predicted molar refractivity (Wildman–Crippen MR) is 77.5 cm³/mol. The van der Waals surface area contributed by atoms with Crippen LogP contribution in [0, 0.1) is 6.92 Å². The van der Waals surface area contributed by atoms with E-state index in [1.54, 1.807) is 6.92 Å². The summed E-state index contributed by atoms with van der Waals surface area (Å²) in [4.78, 5) is -0.0222. The van der Waals surface area contributed by atoms with Gasteiger partial charge in [-0.1, -0.05) is 13.0 Å². The summed E-state index contributed by atoms with van der Waals surface area (Å²) in [5.41, 5.74) is 1.52. The average molecular weight is 371 g/mol. The van der Waals surface area contributed by atoms with Gasteiger partial charge < -0.3 is 5.32 Å². The zero-order chi connectivity index (χ0) is 15.3. The van der Waals surface area contributed by atoms with Crippen molar-refractivity contribution in [1.29, 1.82) is 0 Å². The van der Waals surface area contributed by atoms with Gasteiger partial charge >= 0.3 is 0 Å². The summed E-state index contributed by atoms with van der Waals surface area (Å²) in [6, 6.07) is 3.33. The highest BCUT2D eigenvalue weighted by Crippen LogP contribution is 2.27. The zero-order valence-corrected chi connectivity index (χ0v) is 13.6. The van der Waals surface area contributed by atoms with Crippen LogP contribution in [0.1, 0.15) is 18.1 Å². The molecule has 0 radical (unpaired) electrons. The average Bonchev–Trinajstić information content (AvgIpc) is 2.37. The summed E-state index contributed by atoms with van der Waals surface area (Å²) < 4.78 is 50.7. The molecule has 0 aliphatic heterocycles. The number of aryl methyl sites for hydroxylation is 1. The van der Waals surface area contributed by atoms with Crippen LogP contribution in [0.2, 0.25) is 0 Å². The smallest absolute Gasteiger partial charge is 0.251 e. The van der Waals surface area contributed by atoms with Crippen LogP contribution < -0.4 is 10.0 Å². The molecule has 8 heteroatoms. The van der Waals surface area contributed by atoms with Crippen molar-refractivity contribution in [3.8, 4) is 0 Å². The maximum absolute atomic E-state index is 12.2. The summed E-state index contributed by atoms with van der Waals surface area (Å²) in [5, 5.41) is 3.09. The van der Waals surface area contributed by atoms with Crippen molar-refractivity contribution in [3.05, 3.63) is 27.7 Å². The van der Waals surface area contributed by atoms with Crippen LogP contribution in [0.15, 0.2) is 21.5 Å². The van der Waals surface area contributed by atoms with Gasteiger partial charge in [0.05, 0.1) is 11.4 Å². The molecule has 0 fully saturated rings. The van der Waals surface area contributed by atoms with Crippen LogP contribution in [-0.2, 0) is 16.6 Å². The van der Waals surface area contributed by atoms with Crippen LogP contribution in [0.25, 0.3) is 0 Å². The lowest BCUT2D eigenvalue weighted by molar-refractivity contribution is 0.153. The number of rotatable bonds is 7. The molecule has 1 rings (SSSR count). The van der Waals surface area contributed by atoms with E-state index in [1.165, 1.54) is 6.07 Å². The van der Waals surface area contributed by atoms with E-state index in [0.717, 1.165) is 17.7 Å². The summed E-state index contributed by atoms with van der Waals surface area (Å²) in [6.45, 7) is 4.06.